The first-order chi connectivity index (χ1) is 10.6. The topological polar surface area (TPSA) is 84.9 Å². The Labute approximate surface area is 126 Å². The first kappa shape index (κ1) is 13.1. The molecule has 3 aliphatic heterocycles. The quantitative estimate of drug-likeness (QED) is 0.763. The molecule has 22 heavy (non-hydrogen) atoms. The Balaban J connectivity index is 1.72. The summed E-state index contributed by atoms with van der Waals surface area (Å²) < 4.78 is 10.8. The van der Waals surface area contributed by atoms with Gasteiger partial charge in [-0.25, -0.2) is 0 Å². The molecule has 3 aliphatic rings. The number of benzene rings is 1. The number of imide groups is 1. The minimum absolute atomic E-state index is 0.137. The SMILES string of the molecule is Cc1cc2c(c3c1C(=O)N(C1CCC(=O)NC1=O)C3)OCO2. The Morgan fingerprint density at radius 2 is 2.09 bits per heavy atom. The van der Waals surface area contributed by atoms with Crippen molar-refractivity contribution in [1.29, 1.82) is 0 Å². The molecule has 1 aromatic carbocycles. The number of fused-ring (bicyclic) bond motifs is 3. The molecule has 4 rings (SSSR count). The Bertz CT molecular complexity index is 727. The van der Waals surface area contributed by atoms with Gasteiger partial charge < -0.3 is 14.4 Å². The first-order valence-corrected chi connectivity index (χ1v) is 7.13. The van der Waals surface area contributed by atoms with Gasteiger partial charge in [-0.15, -0.1) is 0 Å². The van der Waals surface area contributed by atoms with Crippen LogP contribution in [0.1, 0.15) is 34.3 Å². The standard InChI is InChI=1S/C15H14N2O5/c1-7-4-10-13(22-6-21-10)8-5-17(15(20)12(7)8)9-2-3-11(18)16-14(9)19/h4,9H,2-3,5-6H2,1H3,(H,16,18,19). The predicted octanol–water partition coefficient (Wildman–Crippen LogP) is 0.485. The molecule has 7 nitrogen and oxygen atoms in total. The van der Waals surface area contributed by atoms with Gasteiger partial charge in [-0.2, -0.15) is 0 Å². The average Bonchev–Trinajstić information content (AvgIpc) is 3.04. The van der Waals surface area contributed by atoms with Crippen LogP contribution in [0.25, 0.3) is 0 Å². The number of hydrogen-bond donors (Lipinski definition) is 1. The summed E-state index contributed by atoms with van der Waals surface area (Å²) in [7, 11) is 0. The second-order valence-electron chi connectivity index (χ2n) is 5.68. The minimum Gasteiger partial charge on any atom is -0.454 e. The van der Waals surface area contributed by atoms with Gasteiger partial charge in [-0.3, -0.25) is 19.7 Å². The van der Waals surface area contributed by atoms with E-state index < -0.39 is 11.9 Å². The molecule has 7 heteroatoms. The van der Waals surface area contributed by atoms with Crippen LogP contribution in [0, 0.1) is 6.92 Å². The lowest BCUT2D eigenvalue weighted by Gasteiger charge is -2.29. The molecule has 1 fully saturated rings. The number of hydrogen-bond acceptors (Lipinski definition) is 5. The molecule has 1 N–H and O–H groups in total. The van der Waals surface area contributed by atoms with Crippen LogP contribution in [0.5, 0.6) is 11.5 Å². The second kappa shape index (κ2) is 4.46. The van der Waals surface area contributed by atoms with Gasteiger partial charge in [0.25, 0.3) is 5.91 Å². The van der Waals surface area contributed by atoms with Crippen molar-refractivity contribution < 1.29 is 23.9 Å². The predicted molar refractivity (Wildman–Crippen MR) is 73.3 cm³/mol. The van der Waals surface area contributed by atoms with Gasteiger partial charge in [0.2, 0.25) is 18.6 Å². The van der Waals surface area contributed by atoms with Gasteiger partial charge in [-0.05, 0) is 25.0 Å². The fraction of sp³-hybridized carbons (Fsp3) is 0.400. The van der Waals surface area contributed by atoms with Crippen molar-refractivity contribution in [2.45, 2.75) is 32.4 Å². The van der Waals surface area contributed by atoms with E-state index in [0.29, 0.717) is 30.0 Å². The Morgan fingerprint density at radius 3 is 2.86 bits per heavy atom. The molecule has 114 valence electrons. The lowest BCUT2D eigenvalue weighted by molar-refractivity contribution is -0.136. The van der Waals surface area contributed by atoms with Crippen molar-refractivity contribution >= 4 is 17.7 Å². The summed E-state index contributed by atoms with van der Waals surface area (Å²) in [4.78, 5) is 37.5. The van der Waals surface area contributed by atoms with Crippen LogP contribution < -0.4 is 14.8 Å². The van der Waals surface area contributed by atoms with Crippen molar-refractivity contribution in [3.8, 4) is 11.5 Å². The Kier molecular flexibility index (Phi) is 2.66. The van der Waals surface area contributed by atoms with Gasteiger partial charge in [-0.1, -0.05) is 0 Å². The van der Waals surface area contributed by atoms with Crippen molar-refractivity contribution in [3.63, 3.8) is 0 Å². The van der Waals surface area contributed by atoms with Crippen molar-refractivity contribution in [2.75, 3.05) is 6.79 Å². The number of piperidine rings is 1. The van der Waals surface area contributed by atoms with Crippen LogP contribution in [0.2, 0.25) is 0 Å². The summed E-state index contributed by atoms with van der Waals surface area (Å²) in [6.07, 6.45) is 0.593. The zero-order chi connectivity index (χ0) is 15.4. The smallest absolute Gasteiger partial charge is 0.255 e. The number of nitrogens with one attached hydrogen (secondary N) is 1. The molecule has 0 aromatic heterocycles. The van der Waals surface area contributed by atoms with Crippen LogP contribution in [0.15, 0.2) is 6.07 Å². The van der Waals surface area contributed by atoms with Gasteiger partial charge in [0, 0.05) is 12.0 Å². The maximum absolute atomic E-state index is 12.7. The van der Waals surface area contributed by atoms with E-state index in [4.69, 9.17) is 9.47 Å². The molecular formula is C15H14N2O5. The molecular weight excluding hydrogens is 288 g/mol. The van der Waals surface area contributed by atoms with E-state index in [-0.39, 0.29) is 25.0 Å². The number of carbonyl (C=O) groups excluding carboxylic acids is 3. The number of nitrogens with zero attached hydrogens (tertiary/aromatic N) is 1. The number of aryl methyl sites for hydroxylation is 1. The zero-order valence-electron chi connectivity index (χ0n) is 12.0. The van der Waals surface area contributed by atoms with Gasteiger partial charge in [0.15, 0.2) is 11.5 Å². The molecule has 3 amide bonds. The van der Waals surface area contributed by atoms with E-state index in [1.165, 1.54) is 4.90 Å². The molecule has 3 heterocycles. The maximum atomic E-state index is 12.7. The fourth-order valence-electron chi connectivity index (χ4n) is 3.32. The summed E-state index contributed by atoms with van der Waals surface area (Å²) in [6.45, 7) is 2.28. The highest BCUT2D eigenvalue weighted by atomic mass is 16.7. The summed E-state index contributed by atoms with van der Waals surface area (Å²) in [5.41, 5.74) is 2.15. The highest BCUT2D eigenvalue weighted by Crippen LogP contribution is 2.43. The monoisotopic (exact) mass is 302 g/mol. The maximum Gasteiger partial charge on any atom is 0.255 e. The van der Waals surface area contributed by atoms with E-state index in [2.05, 4.69) is 5.32 Å². The molecule has 0 radical (unpaired) electrons. The normalized spacial score (nSPS) is 22.9. The van der Waals surface area contributed by atoms with E-state index in [1.807, 2.05) is 6.92 Å². The highest BCUT2D eigenvalue weighted by molar-refractivity contribution is 6.06. The van der Waals surface area contributed by atoms with Crippen molar-refractivity contribution in [3.05, 3.63) is 22.8 Å². The van der Waals surface area contributed by atoms with Gasteiger partial charge in [0.1, 0.15) is 6.04 Å². The Hall–Kier alpha value is -2.57. The largest absolute Gasteiger partial charge is 0.454 e. The summed E-state index contributed by atoms with van der Waals surface area (Å²) in [6, 6.07) is 1.17. The molecule has 0 bridgehead atoms. The minimum atomic E-state index is -0.616. The number of amides is 3. The van der Waals surface area contributed by atoms with E-state index in [9.17, 15) is 14.4 Å². The van der Waals surface area contributed by atoms with Crippen LogP contribution in [-0.2, 0) is 16.1 Å². The zero-order valence-corrected chi connectivity index (χ0v) is 12.0. The Morgan fingerprint density at radius 1 is 1.27 bits per heavy atom. The summed E-state index contributed by atoms with van der Waals surface area (Å²) in [5, 5.41) is 2.29. The summed E-state index contributed by atoms with van der Waals surface area (Å²) >= 11 is 0. The van der Waals surface area contributed by atoms with Crippen LogP contribution in [0.4, 0.5) is 0 Å². The first-order valence-electron chi connectivity index (χ1n) is 7.13. The fourth-order valence-corrected chi connectivity index (χ4v) is 3.32. The van der Waals surface area contributed by atoms with Gasteiger partial charge >= 0.3 is 0 Å². The number of ether oxygens (including phenoxy) is 2. The summed E-state index contributed by atoms with van der Waals surface area (Å²) in [5.74, 6) is 0.321. The lowest BCUT2D eigenvalue weighted by Crippen LogP contribution is -2.52. The molecule has 0 saturated carbocycles. The third-order valence-corrected chi connectivity index (χ3v) is 4.35. The van der Waals surface area contributed by atoms with Crippen LogP contribution in [-0.4, -0.2) is 35.5 Å². The van der Waals surface area contributed by atoms with Gasteiger partial charge in [0.05, 0.1) is 12.1 Å². The third-order valence-electron chi connectivity index (χ3n) is 4.35. The van der Waals surface area contributed by atoms with Crippen molar-refractivity contribution in [2.24, 2.45) is 0 Å². The van der Waals surface area contributed by atoms with E-state index in [0.717, 1.165) is 11.1 Å². The molecule has 0 spiro atoms. The van der Waals surface area contributed by atoms with E-state index >= 15 is 0 Å². The van der Waals surface area contributed by atoms with Crippen LogP contribution in [0.3, 0.4) is 0 Å². The molecule has 1 unspecified atom stereocenters. The number of rotatable bonds is 1. The second-order valence-corrected chi connectivity index (χ2v) is 5.68. The highest BCUT2D eigenvalue weighted by Gasteiger charge is 2.42. The van der Waals surface area contributed by atoms with Crippen LogP contribution >= 0.6 is 0 Å². The third kappa shape index (κ3) is 1.71. The van der Waals surface area contributed by atoms with E-state index in [1.54, 1.807) is 6.07 Å². The average molecular weight is 302 g/mol. The molecule has 1 atom stereocenters. The lowest BCUT2D eigenvalue weighted by atomic mass is 10.0. The molecule has 1 saturated heterocycles. The molecule has 1 aromatic rings. The van der Waals surface area contributed by atoms with Crippen molar-refractivity contribution in [1.82, 2.24) is 10.2 Å². The number of carbonyl (C=O) groups is 3. The molecule has 0 aliphatic carbocycles.